The van der Waals surface area contributed by atoms with Crippen LogP contribution in [0.2, 0.25) is 0 Å². The number of esters is 1. The highest BCUT2D eigenvalue weighted by Crippen LogP contribution is 1.94. The summed E-state index contributed by atoms with van der Waals surface area (Å²) >= 11 is 0. The van der Waals surface area contributed by atoms with E-state index < -0.39 is 12.1 Å². The number of carbonyl (C=O) groups excluding carboxylic acids is 1. The summed E-state index contributed by atoms with van der Waals surface area (Å²) in [4.78, 5) is 10.3. The van der Waals surface area contributed by atoms with Crippen molar-refractivity contribution < 1.29 is 9.53 Å². The lowest BCUT2D eigenvalue weighted by Crippen LogP contribution is -2.25. The van der Waals surface area contributed by atoms with E-state index in [4.69, 9.17) is 11.0 Å². The molecular weight excluding hydrogens is 132 g/mol. The van der Waals surface area contributed by atoms with Crippen molar-refractivity contribution in [2.45, 2.75) is 19.4 Å². The summed E-state index contributed by atoms with van der Waals surface area (Å²) in [6.07, 6.45) is -0.279. The highest BCUT2D eigenvalue weighted by atomic mass is 16.5. The average Bonchev–Trinajstić information content (AvgIpc) is 1.86. The van der Waals surface area contributed by atoms with Gasteiger partial charge in [0, 0.05) is 13.5 Å². The van der Waals surface area contributed by atoms with E-state index >= 15 is 0 Å². The average molecular weight is 142 g/mol. The van der Waals surface area contributed by atoms with Gasteiger partial charge in [-0.3, -0.25) is 4.79 Å². The third kappa shape index (κ3) is 3.87. The third-order valence-corrected chi connectivity index (χ3v) is 0.914. The quantitative estimate of drug-likeness (QED) is 0.553. The minimum atomic E-state index is -0.442. The molecule has 0 aliphatic carbocycles. The van der Waals surface area contributed by atoms with E-state index in [1.165, 1.54) is 6.92 Å². The van der Waals surface area contributed by atoms with Gasteiger partial charge in [-0.25, -0.2) is 0 Å². The Morgan fingerprint density at radius 1 is 1.90 bits per heavy atom. The molecular formula is C6H10N2O2. The maximum Gasteiger partial charge on any atom is 0.302 e. The first-order chi connectivity index (χ1) is 4.70. The van der Waals surface area contributed by atoms with Crippen molar-refractivity contribution in [3.8, 4) is 6.07 Å². The van der Waals surface area contributed by atoms with Crippen LogP contribution in [0.3, 0.4) is 0 Å². The molecule has 0 bridgehead atoms. The van der Waals surface area contributed by atoms with E-state index in [0.29, 0.717) is 0 Å². The SMILES string of the molecule is CC(=O)O[C@H](CN)CC#N. The first kappa shape index (κ1) is 8.92. The smallest absolute Gasteiger partial charge is 0.302 e. The van der Waals surface area contributed by atoms with Crippen molar-refractivity contribution in [1.29, 1.82) is 5.26 Å². The molecule has 4 nitrogen and oxygen atoms in total. The molecule has 0 saturated carbocycles. The molecule has 4 heteroatoms. The number of hydrogen-bond acceptors (Lipinski definition) is 4. The van der Waals surface area contributed by atoms with E-state index in [2.05, 4.69) is 4.74 Å². The van der Waals surface area contributed by atoms with Gasteiger partial charge in [-0.2, -0.15) is 5.26 Å². The van der Waals surface area contributed by atoms with Gasteiger partial charge in [0.15, 0.2) is 0 Å². The summed E-state index contributed by atoms with van der Waals surface area (Å²) < 4.78 is 4.65. The zero-order valence-corrected chi connectivity index (χ0v) is 5.83. The van der Waals surface area contributed by atoms with Crippen LogP contribution >= 0.6 is 0 Å². The Morgan fingerprint density at radius 3 is 2.80 bits per heavy atom. The molecule has 0 rings (SSSR count). The minimum Gasteiger partial charge on any atom is -0.460 e. The second-order valence-electron chi connectivity index (χ2n) is 1.83. The molecule has 0 aromatic heterocycles. The van der Waals surface area contributed by atoms with Crippen molar-refractivity contribution in [2.75, 3.05) is 6.54 Å². The van der Waals surface area contributed by atoms with Gasteiger partial charge in [-0.05, 0) is 0 Å². The Hall–Kier alpha value is -1.08. The van der Waals surface area contributed by atoms with Crippen LogP contribution in [-0.2, 0) is 9.53 Å². The number of ether oxygens (including phenoxy) is 1. The van der Waals surface area contributed by atoms with Gasteiger partial charge >= 0.3 is 5.97 Å². The predicted molar refractivity (Wildman–Crippen MR) is 34.8 cm³/mol. The zero-order valence-electron chi connectivity index (χ0n) is 5.83. The van der Waals surface area contributed by atoms with Gasteiger partial charge < -0.3 is 10.5 Å². The molecule has 56 valence electrons. The van der Waals surface area contributed by atoms with Gasteiger partial charge in [0.2, 0.25) is 0 Å². The lowest BCUT2D eigenvalue weighted by Gasteiger charge is -2.09. The van der Waals surface area contributed by atoms with Crippen LogP contribution in [0.4, 0.5) is 0 Å². The fourth-order valence-electron chi connectivity index (χ4n) is 0.510. The van der Waals surface area contributed by atoms with E-state index in [9.17, 15) is 4.79 Å². The second-order valence-corrected chi connectivity index (χ2v) is 1.83. The number of hydrogen-bond donors (Lipinski definition) is 1. The maximum absolute atomic E-state index is 10.3. The summed E-state index contributed by atoms with van der Waals surface area (Å²) in [6.45, 7) is 1.49. The molecule has 0 unspecified atom stereocenters. The van der Waals surface area contributed by atoms with Gasteiger partial charge in [0.25, 0.3) is 0 Å². The lowest BCUT2D eigenvalue weighted by molar-refractivity contribution is -0.145. The molecule has 0 fully saturated rings. The number of nitrogens with zero attached hydrogens (tertiary/aromatic N) is 1. The van der Waals surface area contributed by atoms with Gasteiger partial charge in [-0.1, -0.05) is 0 Å². The molecule has 0 aliphatic heterocycles. The van der Waals surface area contributed by atoms with Crippen molar-refractivity contribution >= 4 is 5.97 Å². The van der Waals surface area contributed by atoms with Crippen LogP contribution in [0.5, 0.6) is 0 Å². The van der Waals surface area contributed by atoms with Gasteiger partial charge in [0.05, 0.1) is 12.5 Å². The van der Waals surface area contributed by atoms with Crippen molar-refractivity contribution in [2.24, 2.45) is 5.73 Å². The monoisotopic (exact) mass is 142 g/mol. The Labute approximate surface area is 59.6 Å². The first-order valence-corrected chi connectivity index (χ1v) is 2.95. The normalized spacial score (nSPS) is 11.7. The van der Waals surface area contributed by atoms with E-state index in [0.717, 1.165) is 0 Å². The van der Waals surface area contributed by atoms with Crippen LogP contribution in [0.15, 0.2) is 0 Å². The fraction of sp³-hybridized carbons (Fsp3) is 0.667. The lowest BCUT2D eigenvalue weighted by atomic mass is 10.3. The number of nitriles is 1. The molecule has 0 radical (unpaired) electrons. The predicted octanol–water partition coefficient (Wildman–Crippen LogP) is -0.210. The molecule has 0 aromatic rings. The fourth-order valence-corrected chi connectivity index (χ4v) is 0.510. The Balaban J connectivity index is 3.62. The number of carbonyl (C=O) groups is 1. The summed E-state index contributed by atoms with van der Waals surface area (Å²) in [5, 5.41) is 8.18. The van der Waals surface area contributed by atoms with Crippen LogP contribution < -0.4 is 5.73 Å². The molecule has 1 atom stereocenters. The summed E-state index contributed by atoms with van der Waals surface area (Å²) in [7, 11) is 0. The summed E-state index contributed by atoms with van der Waals surface area (Å²) in [6, 6.07) is 1.87. The third-order valence-electron chi connectivity index (χ3n) is 0.914. The highest BCUT2D eigenvalue weighted by Gasteiger charge is 2.07. The Bertz CT molecular complexity index is 150. The first-order valence-electron chi connectivity index (χ1n) is 2.95. The molecule has 10 heavy (non-hydrogen) atoms. The van der Waals surface area contributed by atoms with Crippen LogP contribution in [-0.4, -0.2) is 18.6 Å². The topological polar surface area (TPSA) is 76.1 Å². The van der Waals surface area contributed by atoms with Crippen molar-refractivity contribution in [3.05, 3.63) is 0 Å². The van der Waals surface area contributed by atoms with E-state index in [-0.39, 0.29) is 13.0 Å². The molecule has 0 spiro atoms. The van der Waals surface area contributed by atoms with Gasteiger partial charge in [-0.15, -0.1) is 0 Å². The highest BCUT2D eigenvalue weighted by molar-refractivity contribution is 5.66. The zero-order chi connectivity index (χ0) is 7.98. The van der Waals surface area contributed by atoms with Crippen molar-refractivity contribution in [3.63, 3.8) is 0 Å². The standard InChI is InChI=1S/C6H10N2O2/c1-5(9)10-6(4-8)2-3-7/h6H,2,4,8H2,1H3/t6-/m0/s1. The summed E-state index contributed by atoms with van der Waals surface area (Å²) in [5.74, 6) is -0.397. The largest absolute Gasteiger partial charge is 0.460 e. The van der Waals surface area contributed by atoms with Crippen LogP contribution in [0.1, 0.15) is 13.3 Å². The second kappa shape index (κ2) is 4.77. The molecule has 0 heterocycles. The minimum absolute atomic E-state index is 0.163. The summed E-state index contributed by atoms with van der Waals surface area (Å²) in [5.41, 5.74) is 5.18. The van der Waals surface area contributed by atoms with Crippen LogP contribution in [0, 0.1) is 11.3 Å². The maximum atomic E-state index is 10.3. The van der Waals surface area contributed by atoms with Crippen molar-refractivity contribution in [1.82, 2.24) is 0 Å². The van der Waals surface area contributed by atoms with E-state index in [1.54, 1.807) is 0 Å². The number of nitrogens with two attached hydrogens (primary N) is 1. The Kier molecular flexibility index (Phi) is 4.25. The van der Waals surface area contributed by atoms with Gasteiger partial charge in [0.1, 0.15) is 6.10 Å². The van der Waals surface area contributed by atoms with E-state index in [1.807, 2.05) is 6.07 Å². The van der Waals surface area contributed by atoms with Crippen LogP contribution in [0.25, 0.3) is 0 Å². The molecule has 0 aromatic carbocycles. The Morgan fingerprint density at radius 2 is 2.50 bits per heavy atom. The molecule has 0 amide bonds. The molecule has 2 N–H and O–H groups in total. The number of rotatable bonds is 3. The molecule has 0 aliphatic rings. The molecule has 0 saturated heterocycles.